The monoisotopic (exact) mass is 362 g/mol. The van der Waals surface area contributed by atoms with Crippen LogP contribution in [-0.2, 0) is 9.13 Å². The van der Waals surface area contributed by atoms with Gasteiger partial charge in [-0.3, -0.25) is 19.6 Å². The van der Waals surface area contributed by atoms with Crippen LogP contribution in [-0.4, -0.2) is 49.1 Å². The van der Waals surface area contributed by atoms with Crippen LogP contribution in [0, 0.1) is 0 Å². The van der Waals surface area contributed by atoms with Crippen LogP contribution in [0.4, 0.5) is 0 Å². The molecule has 0 atom stereocenters. The molecule has 0 radical (unpaired) electrons. The molecule has 2 rings (SSSR count). The SMILES string of the molecule is O=c1ccc2ccc(OP(=O)(O)O)c(OP(=O)(O)O)c2o1.[NaH]. The second-order valence-corrected chi connectivity index (χ2v) is 6.06. The third-order valence-electron chi connectivity index (χ3n) is 2.14. The minimum absolute atomic E-state index is 0. The molecule has 0 amide bonds. The minimum atomic E-state index is -5.09. The summed E-state index contributed by atoms with van der Waals surface area (Å²) >= 11 is 0. The van der Waals surface area contributed by atoms with Crippen molar-refractivity contribution in [3.63, 3.8) is 0 Å². The van der Waals surface area contributed by atoms with E-state index in [1.807, 2.05) is 0 Å². The third-order valence-corrected chi connectivity index (χ3v) is 2.99. The molecule has 0 aliphatic carbocycles. The molecule has 2 aromatic rings. The zero-order valence-electron chi connectivity index (χ0n) is 9.94. The van der Waals surface area contributed by atoms with Gasteiger partial charge in [0.15, 0.2) is 11.3 Å². The van der Waals surface area contributed by atoms with E-state index in [1.165, 1.54) is 12.1 Å². The Labute approximate surface area is 144 Å². The Hall–Kier alpha value is -0.670. The van der Waals surface area contributed by atoms with Gasteiger partial charge in [-0.25, -0.2) is 13.9 Å². The zero-order valence-corrected chi connectivity index (χ0v) is 11.7. The van der Waals surface area contributed by atoms with Crippen molar-refractivity contribution < 1.29 is 42.2 Å². The number of fused-ring (bicyclic) bond motifs is 1. The first-order chi connectivity index (χ1) is 9.55. The maximum atomic E-state index is 11.2. The van der Waals surface area contributed by atoms with Gasteiger partial charge in [-0.05, 0) is 18.2 Å². The van der Waals surface area contributed by atoms with Crippen molar-refractivity contribution in [3.05, 3.63) is 34.7 Å². The molecule has 0 fully saturated rings. The molecule has 0 aliphatic rings. The van der Waals surface area contributed by atoms with Crippen LogP contribution < -0.4 is 14.7 Å². The fourth-order valence-electron chi connectivity index (χ4n) is 1.49. The second-order valence-electron chi connectivity index (χ2n) is 3.73. The van der Waals surface area contributed by atoms with Crippen LogP contribution in [0.5, 0.6) is 11.5 Å². The van der Waals surface area contributed by atoms with Gasteiger partial charge in [0.1, 0.15) is 0 Å². The predicted octanol–water partition coefficient (Wildman–Crippen LogP) is 0.0875. The maximum absolute atomic E-state index is 11.2. The summed E-state index contributed by atoms with van der Waals surface area (Å²) in [6.45, 7) is 0. The summed E-state index contributed by atoms with van der Waals surface area (Å²) in [5, 5.41) is 0.205. The number of rotatable bonds is 4. The Morgan fingerprint density at radius 2 is 1.45 bits per heavy atom. The molecule has 0 saturated carbocycles. The Morgan fingerprint density at radius 1 is 0.909 bits per heavy atom. The molecule has 22 heavy (non-hydrogen) atoms. The summed E-state index contributed by atoms with van der Waals surface area (Å²) in [7, 11) is -10.1. The first-order valence-electron chi connectivity index (χ1n) is 5.12. The van der Waals surface area contributed by atoms with Crippen molar-refractivity contribution in [1.82, 2.24) is 0 Å². The van der Waals surface area contributed by atoms with E-state index < -0.39 is 38.4 Å². The molecule has 116 valence electrons. The van der Waals surface area contributed by atoms with Gasteiger partial charge in [0.05, 0.1) is 0 Å². The summed E-state index contributed by atoms with van der Waals surface area (Å²) in [4.78, 5) is 46.4. The van der Waals surface area contributed by atoms with E-state index in [4.69, 9.17) is 24.0 Å². The summed E-state index contributed by atoms with van der Waals surface area (Å²) in [5.74, 6) is -1.48. The number of benzene rings is 1. The van der Waals surface area contributed by atoms with E-state index in [-0.39, 0.29) is 34.9 Å². The molecule has 0 unspecified atom stereocenters. The van der Waals surface area contributed by atoms with Gasteiger partial charge in [0, 0.05) is 11.5 Å². The quantitative estimate of drug-likeness (QED) is 0.333. The first-order valence-corrected chi connectivity index (χ1v) is 8.18. The van der Waals surface area contributed by atoms with Gasteiger partial charge in [-0.15, -0.1) is 0 Å². The van der Waals surface area contributed by atoms with Crippen molar-refractivity contribution in [2.45, 2.75) is 0 Å². The van der Waals surface area contributed by atoms with E-state index in [0.717, 1.165) is 12.1 Å². The Balaban J connectivity index is 0.00000242. The van der Waals surface area contributed by atoms with E-state index in [1.54, 1.807) is 0 Å². The molecule has 0 bridgehead atoms. The predicted molar refractivity (Wildman–Crippen MR) is 75.0 cm³/mol. The fourth-order valence-corrected chi connectivity index (χ4v) is 2.30. The van der Waals surface area contributed by atoms with Gasteiger partial charge in [0.2, 0.25) is 5.75 Å². The summed E-state index contributed by atoms with van der Waals surface area (Å²) in [6.07, 6.45) is 0. The average molecular weight is 362 g/mol. The molecule has 13 heteroatoms. The van der Waals surface area contributed by atoms with E-state index >= 15 is 0 Å². The van der Waals surface area contributed by atoms with Gasteiger partial charge in [-0.2, -0.15) is 0 Å². The Morgan fingerprint density at radius 3 is 2.00 bits per heavy atom. The van der Waals surface area contributed by atoms with Crippen LogP contribution >= 0.6 is 15.6 Å². The van der Waals surface area contributed by atoms with Gasteiger partial charge in [-0.1, -0.05) is 0 Å². The third kappa shape index (κ3) is 5.20. The normalized spacial score (nSPS) is 11.8. The first kappa shape index (κ1) is 19.4. The van der Waals surface area contributed by atoms with Crippen molar-refractivity contribution >= 4 is 56.2 Å². The number of hydrogen-bond donors (Lipinski definition) is 4. The molecule has 1 aromatic heterocycles. The van der Waals surface area contributed by atoms with Crippen LogP contribution in [0.3, 0.4) is 0 Å². The molecule has 4 N–H and O–H groups in total. The van der Waals surface area contributed by atoms with Gasteiger partial charge < -0.3 is 13.5 Å². The molecule has 0 aliphatic heterocycles. The van der Waals surface area contributed by atoms with Crippen molar-refractivity contribution in [2.24, 2.45) is 0 Å². The van der Waals surface area contributed by atoms with Crippen LogP contribution in [0.1, 0.15) is 0 Å². The summed E-state index contributed by atoms with van der Waals surface area (Å²) in [5.41, 5.74) is -1.27. The van der Waals surface area contributed by atoms with Crippen LogP contribution in [0.15, 0.2) is 33.5 Å². The van der Waals surface area contributed by atoms with E-state index in [9.17, 15) is 13.9 Å². The van der Waals surface area contributed by atoms with E-state index in [0.29, 0.717) is 0 Å². The van der Waals surface area contributed by atoms with Crippen molar-refractivity contribution in [3.8, 4) is 11.5 Å². The fraction of sp³-hybridized carbons (Fsp3) is 0. The van der Waals surface area contributed by atoms with Gasteiger partial charge >= 0.3 is 50.8 Å². The number of phosphoric acid groups is 2. The molecule has 0 saturated heterocycles. The molecular formula is C9H9NaO10P2. The topological polar surface area (TPSA) is 164 Å². The number of phosphoric ester groups is 2. The number of hydrogen-bond acceptors (Lipinski definition) is 6. The second kappa shape index (κ2) is 6.84. The average Bonchev–Trinajstić information content (AvgIpc) is 2.29. The zero-order chi connectivity index (χ0) is 15.8. The van der Waals surface area contributed by atoms with Crippen molar-refractivity contribution in [1.29, 1.82) is 0 Å². The van der Waals surface area contributed by atoms with Gasteiger partial charge in [0.25, 0.3) is 0 Å². The standard InChI is InChI=1S/C9H8O10P2.Na.H/c10-7-4-2-5-1-3-6(18-20(11,12)13)9(8(5)17-7)19-21(14,15)16;;/h1-4H,(H2,11,12,13)(H2,14,15,16);;. The van der Waals surface area contributed by atoms with Crippen LogP contribution in [0.25, 0.3) is 11.0 Å². The Bertz CT molecular complexity index is 834. The van der Waals surface area contributed by atoms with E-state index in [2.05, 4.69) is 9.05 Å². The van der Waals surface area contributed by atoms with Crippen molar-refractivity contribution in [2.75, 3.05) is 0 Å². The van der Waals surface area contributed by atoms with Crippen LogP contribution in [0.2, 0.25) is 0 Å². The summed E-state index contributed by atoms with van der Waals surface area (Å²) in [6, 6.07) is 4.59. The molecule has 0 spiro atoms. The molecular weight excluding hydrogens is 353 g/mol. The molecule has 1 aromatic carbocycles. The Kier molecular flexibility index (Phi) is 6.02. The summed E-state index contributed by atoms with van der Waals surface area (Å²) < 4.78 is 35.1. The molecule has 10 nitrogen and oxygen atoms in total. The molecule has 1 heterocycles.